The van der Waals surface area contributed by atoms with Crippen molar-refractivity contribution < 1.29 is 9.47 Å². The molecule has 0 aliphatic carbocycles. The second-order valence-electron chi connectivity index (χ2n) is 5.57. The van der Waals surface area contributed by atoms with Crippen molar-refractivity contribution >= 4 is 0 Å². The van der Waals surface area contributed by atoms with Gasteiger partial charge in [0.25, 0.3) is 0 Å². The molecule has 3 nitrogen and oxygen atoms in total. The Labute approximate surface area is 122 Å². The first-order valence-electron chi connectivity index (χ1n) is 7.75. The fourth-order valence-corrected chi connectivity index (χ4v) is 2.99. The maximum atomic E-state index is 5.72. The second-order valence-corrected chi connectivity index (χ2v) is 5.57. The summed E-state index contributed by atoms with van der Waals surface area (Å²) in [6.45, 7) is 7.04. The molecular formula is C17H27NO2. The van der Waals surface area contributed by atoms with Gasteiger partial charge >= 0.3 is 0 Å². The minimum atomic E-state index is 0.730. The van der Waals surface area contributed by atoms with E-state index in [1.807, 2.05) is 13.0 Å². The summed E-state index contributed by atoms with van der Waals surface area (Å²) in [5.74, 6) is 1.82. The van der Waals surface area contributed by atoms with E-state index in [1.165, 1.54) is 37.9 Å². The molecule has 0 saturated carbocycles. The molecule has 1 aromatic carbocycles. The summed E-state index contributed by atoms with van der Waals surface area (Å²) in [4.78, 5) is 2.56. The highest BCUT2D eigenvalue weighted by atomic mass is 16.5. The first kappa shape index (κ1) is 15.3. The summed E-state index contributed by atoms with van der Waals surface area (Å²) >= 11 is 0. The number of piperidine rings is 1. The lowest BCUT2D eigenvalue weighted by molar-refractivity contribution is 0.122. The van der Waals surface area contributed by atoms with Crippen LogP contribution in [0.5, 0.6) is 5.75 Å². The quantitative estimate of drug-likeness (QED) is 0.763. The SMILES string of the molecule is CCOc1ccccc1CN1CCC[C@H](CCOC)C1. The van der Waals surface area contributed by atoms with E-state index in [1.54, 1.807) is 7.11 Å². The lowest BCUT2D eigenvalue weighted by Crippen LogP contribution is -2.35. The molecule has 20 heavy (non-hydrogen) atoms. The van der Waals surface area contributed by atoms with Gasteiger partial charge in [0, 0.05) is 32.4 Å². The van der Waals surface area contributed by atoms with E-state index in [0.717, 1.165) is 31.4 Å². The molecule has 1 saturated heterocycles. The zero-order valence-corrected chi connectivity index (χ0v) is 12.8. The molecule has 0 unspecified atom stereocenters. The lowest BCUT2D eigenvalue weighted by atomic mass is 9.95. The molecule has 0 radical (unpaired) electrons. The topological polar surface area (TPSA) is 21.7 Å². The van der Waals surface area contributed by atoms with Crippen molar-refractivity contribution in [2.75, 3.05) is 33.4 Å². The van der Waals surface area contributed by atoms with Crippen molar-refractivity contribution in [3.8, 4) is 5.75 Å². The van der Waals surface area contributed by atoms with Crippen LogP contribution in [0.1, 0.15) is 31.7 Å². The highest BCUT2D eigenvalue weighted by Crippen LogP contribution is 2.24. The van der Waals surface area contributed by atoms with Crippen LogP contribution in [0.25, 0.3) is 0 Å². The van der Waals surface area contributed by atoms with Crippen LogP contribution in [0, 0.1) is 5.92 Å². The molecule has 1 aliphatic heterocycles. The maximum absolute atomic E-state index is 5.72. The highest BCUT2D eigenvalue weighted by Gasteiger charge is 2.20. The molecule has 3 heteroatoms. The van der Waals surface area contributed by atoms with Crippen LogP contribution in [0.15, 0.2) is 24.3 Å². The van der Waals surface area contributed by atoms with Gasteiger partial charge in [-0.15, -0.1) is 0 Å². The van der Waals surface area contributed by atoms with Crippen molar-refractivity contribution in [3.63, 3.8) is 0 Å². The Bertz CT molecular complexity index is 394. The van der Waals surface area contributed by atoms with Gasteiger partial charge in [0.2, 0.25) is 0 Å². The van der Waals surface area contributed by atoms with Crippen LogP contribution in [-0.2, 0) is 11.3 Å². The first-order valence-corrected chi connectivity index (χ1v) is 7.75. The molecule has 0 aromatic heterocycles. The predicted molar refractivity (Wildman–Crippen MR) is 82.1 cm³/mol. The smallest absolute Gasteiger partial charge is 0.123 e. The average molecular weight is 277 g/mol. The largest absolute Gasteiger partial charge is 0.494 e. The second kappa shape index (κ2) is 8.28. The molecule has 1 heterocycles. The molecule has 1 aliphatic rings. The fraction of sp³-hybridized carbons (Fsp3) is 0.647. The highest BCUT2D eigenvalue weighted by molar-refractivity contribution is 5.33. The molecule has 2 rings (SSSR count). The molecule has 0 bridgehead atoms. The minimum absolute atomic E-state index is 0.730. The Hall–Kier alpha value is -1.06. The van der Waals surface area contributed by atoms with Crippen molar-refractivity contribution in [2.24, 2.45) is 5.92 Å². The van der Waals surface area contributed by atoms with Crippen LogP contribution < -0.4 is 4.74 Å². The molecule has 1 atom stereocenters. The van der Waals surface area contributed by atoms with Crippen LogP contribution >= 0.6 is 0 Å². The van der Waals surface area contributed by atoms with Gasteiger partial charge in [0.1, 0.15) is 5.75 Å². The number of hydrogen-bond donors (Lipinski definition) is 0. The standard InChI is InChI=1S/C17H27NO2/c1-3-20-17-9-5-4-8-16(17)14-18-11-6-7-15(13-18)10-12-19-2/h4-5,8-9,15H,3,6-7,10-14H2,1-2H3/t15-/m1/s1. The van der Waals surface area contributed by atoms with E-state index in [0.29, 0.717) is 0 Å². The van der Waals surface area contributed by atoms with Crippen molar-refractivity contribution in [2.45, 2.75) is 32.7 Å². The first-order chi connectivity index (χ1) is 9.83. The van der Waals surface area contributed by atoms with E-state index in [-0.39, 0.29) is 0 Å². The Morgan fingerprint density at radius 3 is 2.95 bits per heavy atom. The number of rotatable bonds is 7. The summed E-state index contributed by atoms with van der Waals surface area (Å²) < 4.78 is 10.9. The summed E-state index contributed by atoms with van der Waals surface area (Å²) in [6, 6.07) is 8.41. The molecule has 0 amide bonds. The molecule has 0 spiro atoms. The van der Waals surface area contributed by atoms with Gasteiger partial charge in [-0.3, -0.25) is 4.90 Å². The minimum Gasteiger partial charge on any atom is -0.494 e. The summed E-state index contributed by atoms with van der Waals surface area (Å²) in [5, 5.41) is 0. The molecular weight excluding hydrogens is 250 g/mol. The number of nitrogens with zero attached hydrogens (tertiary/aromatic N) is 1. The molecule has 0 N–H and O–H groups in total. The van der Waals surface area contributed by atoms with Crippen LogP contribution in [0.2, 0.25) is 0 Å². The third-order valence-electron chi connectivity index (χ3n) is 4.00. The molecule has 112 valence electrons. The third-order valence-corrected chi connectivity index (χ3v) is 4.00. The van der Waals surface area contributed by atoms with Crippen LogP contribution in [0.4, 0.5) is 0 Å². The van der Waals surface area contributed by atoms with Gasteiger partial charge in [-0.2, -0.15) is 0 Å². The summed E-state index contributed by atoms with van der Waals surface area (Å²) in [7, 11) is 1.79. The van der Waals surface area contributed by atoms with E-state index in [9.17, 15) is 0 Å². The lowest BCUT2D eigenvalue weighted by Gasteiger charge is -2.33. The summed E-state index contributed by atoms with van der Waals surface area (Å²) in [6.07, 6.45) is 3.82. The van der Waals surface area contributed by atoms with Gasteiger partial charge in [-0.25, -0.2) is 0 Å². The van der Waals surface area contributed by atoms with E-state index in [4.69, 9.17) is 9.47 Å². The fourth-order valence-electron chi connectivity index (χ4n) is 2.99. The van der Waals surface area contributed by atoms with Gasteiger partial charge in [0.05, 0.1) is 6.61 Å². The number of benzene rings is 1. The number of hydrogen-bond acceptors (Lipinski definition) is 3. The average Bonchev–Trinajstić information content (AvgIpc) is 2.48. The normalized spacial score (nSPS) is 20.0. The number of para-hydroxylation sites is 1. The Kier molecular flexibility index (Phi) is 6.34. The van der Waals surface area contributed by atoms with E-state index < -0.39 is 0 Å². The van der Waals surface area contributed by atoms with E-state index in [2.05, 4.69) is 23.1 Å². The third kappa shape index (κ3) is 4.50. The number of ether oxygens (including phenoxy) is 2. The maximum Gasteiger partial charge on any atom is 0.123 e. The monoisotopic (exact) mass is 277 g/mol. The summed E-state index contributed by atoms with van der Waals surface area (Å²) in [5.41, 5.74) is 1.31. The van der Waals surface area contributed by atoms with Crippen molar-refractivity contribution in [1.82, 2.24) is 4.90 Å². The van der Waals surface area contributed by atoms with Gasteiger partial charge in [-0.1, -0.05) is 18.2 Å². The predicted octanol–water partition coefficient (Wildman–Crippen LogP) is 3.33. The van der Waals surface area contributed by atoms with Crippen LogP contribution in [0.3, 0.4) is 0 Å². The Morgan fingerprint density at radius 1 is 1.30 bits per heavy atom. The van der Waals surface area contributed by atoms with Crippen LogP contribution in [-0.4, -0.2) is 38.3 Å². The van der Waals surface area contributed by atoms with Gasteiger partial charge in [0.15, 0.2) is 0 Å². The number of methoxy groups -OCH3 is 1. The van der Waals surface area contributed by atoms with Gasteiger partial charge < -0.3 is 9.47 Å². The van der Waals surface area contributed by atoms with Crippen molar-refractivity contribution in [3.05, 3.63) is 29.8 Å². The van der Waals surface area contributed by atoms with Gasteiger partial charge in [-0.05, 0) is 44.7 Å². The Balaban J connectivity index is 1.92. The molecule has 1 aromatic rings. The zero-order chi connectivity index (χ0) is 14.2. The van der Waals surface area contributed by atoms with E-state index >= 15 is 0 Å². The van der Waals surface area contributed by atoms with Crippen molar-refractivity contribution in [1.29, 1.82) is 0 Å². The Morgan fingerprint density at radius 2 is 2.15 bits per heavy atom. The molecule has 1 fully saturated rings. The number of likely N-dealkylation sites (tertiary alicyclic amines) is 1. The zero-order valence-electron chi connectivity index (χ0n) is 12.8.